The zero-order valence-corrected chi connectivity index (χ0v) is 17.8. The van der Waals surface area contributed by atoms with Crippen molar-refractivity contribution in [3.63, 3.8) is 0 Å². The van der Waals surface area contributed by atoms with Crippen LogP contribution >= 0.6 is 0 Å². The van der Waals surface area contributed by atoms with Crippen LogP contribution < -0.4 is 0 Å². The summed E-state index contributed by atoms with van der Waals surface area (Å²) >= 11 is 0. The molecule has 27 heavy (non-hydrogen) atoms. The van der Waals surface area contributed by atoms with Gasteiger partial charge in [-0.15, -0.1) is 0 Å². The first-order valence-corrected chi connectivity index (χ1v) is 10.2. The van der Waals surface area contributed by atoms with Gasteiger partial charge in [0.2, 0.25) is 0 Å². The Kier molecular flexibility index (Phi) is 3.93. The molecule has 1 heteroatoms. The van der Waals surface area contributed by atoms with E-state index in [-0.39, 0.29) is 11.0 Å². The van der Waals surface area contributed by atoms with Crippen LogP contribution in [0.2, 0.25) is 0 Å². The second-order valence-electron chi connectivity index (χ2n) is 9.31. The smallest absolute Gasteiger partial charge is 0.0496 e. The molecule has 3 aromatic rings. The van der Waals surface area contributed by atoms with Gasteiger partial charge in [-0.3, -0.25) is 0 Å². The van der Waals surface area contributed by atoms with E-state index in [1.54, 1.807) is 0 Å². The monoisotopic (exact) mass is 357 g/mol. The normalized spacial score (nSPS) is 15.5. The summed E-state index contributed by atoms with van der Waals surface area (Å²) in [6.07, 6.45) is 5.50. The predicted octanol–water partition coefficient (Wildman–Crippen LogP) is 7.30. The number of fused-ring (bicyclic) bond motifs is 4. The van der Waals surface area contributed by atoms with Gasteiger partial charge >= 0.3 is 0 Å². The fourth-order valence-corrected chi connectivity index (χ4v) is 4.99. The fraction of sp³-hybridized carbons (Fsp3) is 0.385. The predicted molar refractivity (Wildman–Crippen MR) is 119 cm³/mol. The van der Waals surface area contributed by atoms with Crippen LogP contribution in [0.1, 0.15) is 70.9 Å². The first kappa shape index (κ1) is 18.1. The minimum atomic E-state index is 0.0321. The van der Waals surface area contributed by atoms with E-state index in [0.717, 1.165) is 6.42 Å². The topological polar surface area (TPSA) is 4.93 Å². The molecule has 0 amide bonds. The van der Waals surface area contributed by atoms with Gasteiger partial charge in [-0.1, -0.05) is 51.1 Å². The lowest BCUT2D eigenvalue weighted by molar-refractivity contribution is 0.407. The van der Waals surface area contributed by atoms with Gasteiger partial charge in [0.05, 0.1) is 0 Å². The largest absolute Gasteiger partial charge is 0.335 e. The number of hydrogen-bond donors (Lipinski definition) is 0. The van der Waals surface area contributed by atoms with E-state index in [2.05, 4.69) is 102 Å². The number of benzene rings is 2. The van der Waals surface area contributed by atoms with Gasteiger partial charge in [0, 0.05) is 27.6 Å². The Morgan fingerprint density at radius 3 is 2.33 bits per heavy atom. The molecular formula is C26H31N. The second-order valence-corrected chi connectivity index (χ2v) is 9.31. The summed E-state index contributed by atoms with van der Waals surface area (Å²) in [4.78, 5) is 0. The Hall–Kier alpha value is -2.28. The molecule has 0 unspecified atom stereocenters. The zero-order chi connectivity index (χ0) is 19.6. The van der Waals surface area contributed by atoms with Crippen molar-refractivity contribution < 1.29 is 0 Å². The highest BCUT2D eigenvalue weighted by Gasteiger charge is 2.36. The first-order chi connectivity index (χ1) is 12.7. The number of rotatable bonds is 2. The molecule has 0 spiro atoms. The van der Waals surface area contributed by atoms with Gasteiger partial charge in [0.25, 0.3) is 0 Å². The molecule has 0 bridgehead atoms. The molecule has 0 N–H and O–H groups in total. The van der Waals surface area contributed by atoms with E-state index < -0.39 is 0 Å². The van der Waals surface area contributed by atoms with E-state index in [0.29, 0.717) is 0 Å². The van der Waals surface area contributed by atoms with Crippen LogP contribution in [-0.4, -0.2) is 4.57 Å². The van der Waals surface area contributed by atoms with E-state index in [1.807, 2.05) is 0 Å². The van der Waals surface area contributed by atoms with Gasteiger partial charge in [-0.05, 0) is 80.1 Å². The van der Waals surface area contributed by atoms with Gasteiger partial charge < -0.3 is 4.57 Å². The Labute approximate surface area is 163 Å². The molecule has 2 aromatic carbocycles. The van der Waals surface area contributed by atoms with Crippen LogP contribution in [0.4, 0.5) is 0 Å². The molecule has 0 saturated heterocycles. The number of hydrogen-bond acceptors (Lipinski definition) is 0. The molecule has 0 fully saturated rings. The Morgan fingerprint density at radius 2 is 1.70 bits per heavy atom. The molecule has 1 heterocycles. The van der Waals surface area contributed by atoms with E-state index in [4.69, 9.17) is 0 Å². The molecular weight excluding hydrogens is 326 g/mol. The molecule has 1 aliphatic rings. The summed E-state index contributed by atoms with van der Waals surface area (Å²) in [5, 5.41) is 1.41. The number of nitrogens with zero attached hydrogens (tertiary/aromatic N) is 1. The van der Waals surface area contributed by atoms with Crippen molar-refractivity contribution in [1.82, 2.24) is 4.57 Å². The van der Waals surface area contributed by atoms with Crippen molar-refractivity contribution in [2.24, 2.45) is 0 Å². The minimum Gasteiger partial charge on any atom is -0.335 e. The number of aryl methyl sites for hydroxylation is 1. The quantitative estimate of drug-likeness (QED) is 0.453. The van der Waals surface area contributed by atoms with Crippen LogP contribution in [0, 0.1) is 0 Å². The molecule has 0 atom stereocenters. The van der Waals surface area contributed by atoms with Crippen LogP contribution in [0.3, 0.4) is 0 Å². The second kappa shape index (κ2) is 5.86. The molecule has 0 aliphatic heterocycles. The summed E-state index contributed by atoms with van der Waals surface area (Å²) in [6.45, 7) is 16.1. The number of allylic oxidation sites excluding steroid dienone is 1. The average Bonchev–Trinajstić information content (AvgIpc) is 3.03. The van der Waals surface area contributed by atoms with Gasteiger partial charge in [-0.2, -0.15) is 0 Å². The third-order valence-electron chi connectivity index (χ3n) is 6.16. The Balaban J connectivity index is 2.17. The summed E-state index contributed by atoms with van der Waals surface area (Å²) in [5.41, 5.74) is 9.97. The summed E-state index contributed by atoms with van der Waals surface area (Å²) in [5.74, 6) is 0. The van der Waals surface area contributed by atoms with Crippen LogP contribution in [0.5, 0.6) is 0 Å². The van der Waals surface area contributed by atoms with Crippen molar-refractivity contribution in [2.75, 3.05) is 0 Å². The van der Waals surface area contributed by atoms with Crippen molar-refractivity contribution >= 4 is 17.0 Å². The van der Waals surface area contributed by atoms with Crippen molar-refractivity contribution in [3.05, 3.63) is 64.9 Å². The lowest BCUT2D eigenvalue weighted by Crippen LogP contribution is -2.23. The molecule has 4 rings (SSSR count). The van der Waals surface area contributed by atoms with Gasteiger partial charge in [-0.25, -0.2) is 0 Å². The fourth-order valence-electron chi connectivity index (χ4n) is 4.99. The lowest BCUT2D eigenvalue weighted by Gasteiger charge is -2.26. The first-order valence-electron chi connectivity index (χ1n) is 10.2. The summed E-state index contributed by atoms with van der Waals surface area (Å²) in [6, 6.07) is 13.9. The Bertz CT molecular complexity index is 1070. The highest BCUT2D eigenvalue weighted by Crippen LogP contribution is 2.50. The third kappa shape index (κ3) is 2.44. The lowest BCUT2D eigenvalue weighted by atomic mass is 9.82. The van der Waals surface area contributed by atoms with Gasteiger partial charge in [0.1, 0.15) is 0 Å². The molecule has 0 radical (unpaired) electrons. The van der Waals surface area contributed by atoms with Crippen LogP contribution in [-0.2, 0) is 17.4 Å². The minimum absolute atomic E-state index is 0.0321. The van der Waals surface area contributed by atoms with E-state index in [9.17, 15) is 0 Å². The molecule has 0 saturated carbocycles. The Morgan fingerprint density at radius 1 is 1.00 bits per heavy atom. The highest BCUT2D eigenvalue weighted by molar-refractivity contribution is 5.96. The summed E-state index contributed by atoms with van der Waals surface area (Å²) < 4.78 is 2.54. The average molecular weight is 358 g/mol. The zero-order valence-electron chi connectivity index (χ0n) is 17.8. The maximum atomic E-state index is 2.54. The standard InChI is InChI=1S/C26H31N/c1-8-12-23-17(9-2)20-15-19-18-13-10-11-14-21(18)26(6,7)22(19)16-24(20)27(23)25(3,4)5/h8,10-16H,9H2,1-7H3/b12-8-. The maximum Gasteiger partial charge on any atom is 0.0496 e. The molecule has 1 nitrogen and oxygen atoms in total. The summed E-state index contributed by atoms with van der Waals surface area (Å²) in [7, 11) is 0. The third-order valence-corrected chi connectivity index (χ3v) is 6.16. The van der Waals surface area contributed by atoms with Crippen molar-refractivity contribution in [3.8, 4) is 11.1 Å². The van der Waals surface area contributed by atoms with Crippen LogP contribution in [0.25, 0.3) is 28.1 Å². The SMILES string of the molecule is C/C=C\c1c(CC)c2cc3c(cc2n1C(C)(C)C)C(C)(C)c1ccccc1-3. The maximum absolute atomic E-state index is 2.54. The molecule has 140 valence electrons. The van der Waals surface area contributed by atoms with Gasteiger partial charge in [0.15, 0.2) is 0 Å². The van der Waals surface area contributed by atoms with E-state index >= 15 is 0 Å². The number of aromatic nitrogens is 1. The molecule has 1 aromatic heterocycles. The van der Waals surface area contributed by atoms with E-state index in [1.165, 1.54) is 44.4 Å². The van der Waals surface area contributed by atoms with Crippen molar-refractivity contribution in [1.29, 1.82) is 0 Å². The van der Waals surface area contributed by atoms with Crippen LogP contribution in [0.15, 0.2) is 42.5 Å². The highest BCUT2D eigenvalue weighted by atomic mass is 15.1. The molecule has 1 aliphatic carbocycles. The van der Waals surface area contributed by atoms with Crippen molar-refractivity contribution in [2.45, 2.75) is 65.8 Å².